The summed E-state index contributed by atoms with van der Waals surface area (Å²) in [5, 5.41) is 12.7. The second kappa shape index (κ2) is 11.9. The van der Waals surface area contributed by atoms with Gasteiger partial charge in [0.05, 0.1) is 19.2 Å². The van der Waals surface area contributed by atoms with Crippen LogP contribution in [0.5, 0.6) is 0 Å². The Balaban J connectivity index is 2.14. The number of carbonyl (C=O) groups is 3. The van der Waals surface area contributed by atoms with Crippen molar-refractivity contribution < 1.29 is 33.7 Å². The molecular weight excluding hydrogens is 416 g/mol. The summed E-state index contributed by atoms with van der Waals surface area (Å²) < 4.78 is 16.1. The van der Waals surface area contributed by atoms with Crippen molar-refractivity contribution in [1.82, 2.24) is 10.2 Å². The third kappa shape index (κ3) is 6.51. The molecule has 1 unspecified atom stereocenters. The van der Waals surface area contributed by atoms with Gasteiger partial charge in [0.15, 0.2) is 5.79 Å². The molecule has 0 radical (unpaired) electrons. The Morgan fingerprint density at radius 2 is 1.88 bits per heavy atom. The first-order valence-corrected chi connectivity index (χ1v) is 10.9. The largest absolute Gasteiger partial charge is 0.480 e. The Morgan fingerprint density at radius 3 is 2.44 bits per heavy atom. The number of hydrogen-bond acceptors (Lipinski definition) is 7. The molecule has 0 aromatic heterocycles. The summed E-state index contributed by atoms with van der Waals surface area (Å²) in [5.41, 5.74) is 1.06. The Labute approximate surface area is 189 Å². The summed E-state index contributed by atoms with van der Waals surface area (Å²) in [5.74, 6) is -3.03. The number of carboxylic acid groups (broad SMARTS) is 1. The maximum Gasteiger partial charge on any atom is 0.326 e. The number of likely N-dealkylation sites (tertiary alicyclic amines) is 1. The number of methoxy groups -OCH3 is 2. The summed E-state index contributed by atoms with van der Waals surface area (Å²) >= 11 is 0. The number of piperidine rings is 1. The summed E-state index contributed by atoms with van der Waals surface area (Å²) in [6.07, 6.45) is 1.61. The van der Waals surface area contributed by atoms with Crippen LogP contribution in [0.3, 0.4) is 0 Å². The molecule has 9 heteroatoms. The van der Waals surface area contributed by atoms with E-state index in [0.29, 0.717) is 19.3 Å². The van der Waals surface area contributed by atoms with Crippen LogP contribution in [0, 0.1) is 0 Å². The van der Waals surface area contributed by atoms with Crippen molar-refractivity contribution in [3.63, 3.8) is 0 Å². The van der Waals surface area contributed by atoms with E-state index in [2.05, 4.69) is 5.32 Å². The predicted octanol–water partition coefficient (Wildman–Crippen LogP) is 1.59. The molecule has 2 rings (SSSR count). The van der Waals surface area contributed by atoms with Gasteiger partial charge in [-0.05, 0) is 38.7 Å². The van der Waals surface area contributed by atoms with Gasteiger partial charge in [-0.25, -0.2) is 4.79 Å². The fourth-order valence-electron chi connectivity index (χ4n) is 3.96. The lowest BCUT2D eigenvalue weighted by Crippen LogP contribution is -2.62. The number of ether oxygens (including phenoxy) is 3. The SMILES string of the molecule is CCOC(=O)C(CCc1ccccc1)N[C@@H](C)C(=O)N1CC(OC)(OC)CC[C@H]1C(=O)O. The Hall–Kier alpha value is -2.49. The highest BCUT2D eigenvalue weighted by Gasteiger charge is 2.45. The monoisotopic (exact) mass is 450 g/mol. The van der Waals surface area contributed by atoms with Gasteiger partial charge in [0.1, 0.15) is 12.1 Å². The first-order chi connectivity index (χ1) is 15.3. The molecule has 1 aliphatic heterocycles. The number of carbonyl (C=O) groups excluding carboxylic acids is 2. The van der Waals surface area contributed by atoms with Gasteiger partial charge in [0.25, 0.3) is 0 Å². The van der Waals surface area contributed by atoms with Crippen molar-refractivity contribution in [2.45, 2.75) is 63.4 Å². The first kappa shape index (κ1) is 25.8. The predicted molar refractivity (Wildman–Crippen MR) is 117 cm³/mol. The molecule has 0 aliphatic carbocycles. The lowest BCUT2D eigenvalue weighted by molar-refractivity contribution is -0.238. The van der Waals surface area contributed by atoms with Gasteiger partial charge >= 0.3 is 11.9 Å². The minimum Gasteiger partial charge on any atom is -0.480 e. The van der Waals surface area contributed by atoms with Crippen LogP contribution in [0.1, 0.15) is 38.7 Å². The minimum absolute atomic E-state index is 0.0179. The Kier molecular flexibility index (Phi) is 9.61. The fourth-order valence-corrected chi connectivity index (χ4v) is 3.96. The summed E-state index contributed by atoms with van der Waals surface area (Å²) in [7, 11) is 2.94. The highest BCUT2D eigenvalue weighted by molar-refractivity contribution is 5.88. The van der Waals surface area contributed by atoms with E-state index in [4.69, 9.17) is 14.2 Å². The second-order valence-corrected chi connectivity index (χ2v) is 7.90. The van der Waals surface area contributed by atoms with Crippen molar-refractivity contribution in [2.75, 3.05) is 27.4 Å². The van der Waals surface area contributed by atoms with Crippen LogP contribution in [-0.4, -0.2) is 79.1 Å². The summed E-state index contributed by atoms with van der Waals surface area (Å²) in [6, 6.07) is 7.19. The van der Waals surface area contributed by atoms with Crippen molar-refractivity contribution in [1.29, 1.82) is 0 Å². The maximum absolute atomic E-state index is 13.3. The van der Waals surface area contributed by atoms with Gasteiger partial charge in [0.2, 0.25) is 5.91 Å². The van der Waals surface area contributed by atoms with Crippen LogP contribution in [0.25, 0.3) is 0 Å². The zero-order valence-electron chi connectivity index (χ0n) is 19.2. The van der Waals surface area contributed by atoms with E-state index in [1.165, 1.54) is 19.1 Å². The maximum atomic E-state index is 13.3. The Bertz CT molecular complexity index is 767. The number of nitrogens with zero attached hydrogens (tertiary/aromatic N) is 1. The van der Waals surface area contributed by atoms with Crippen molar-refractivity contribution >= 4 is 17.8 Å². The molecule has 1 aromatic rings. The van der Waals surface area contributed by atoms with Gasteiger partial charge in [0, 0.05) is 20.6 Å². The number of aliphatic carboxylic acids is 1. The molecule has 1 amide bonds. The molecule has 0 bridgehead atoms. The molecule has 9 nitrogen and oxygen atoms in total. The minimum atomic E-state index is -1.09. The van der Waals surface area contributed by atoms with Gasteiger partial charge < -0.3 is 24.2 Å². The van der Waals surface area contributed by atoms with Crippen LogP contribution in [0.2, 0.25) is 0 Å². The lowest BCUT2D eigenvalue weighted by atomic mass is 9.96. The van der Waals surface area contributed by atoms with Crippen molar-refractivity contribution in [3.8, 4) is 0 Å². The number of hydrogen-bond donors (Lipinski definition) is 2. The average Bonchev–Trinajstić information content (AvgIpc) is 2.81. The topological polar surface area (TPSA) is 114 Å². The fraction of sp³-hybridized carbons (Fsp3) is 0.609. The summed E-state index contributed by atoms with van der Waals surface area (Å²) in [4.78, 5) is 38.8. The van der Waals surface area contributed by atoms with E-state index in [0.717, 1.165) is 5.56 Å². The molecule has 1 saturated heterocycles. The van der Waals surface area contributed by atoms with Gasteiger partial charge in [-0.1, -0.05) is 30.3 Å². The number of rotatable bonds is 11. The van der Waals surface area contributed by atoms with E-state index in [-0.39, 0.29) is 19.6 Å². The molecular formula is C23H34N2O7. The molecule has 2 N–H and O–H groups in total. The number of amides is 1. The Morgan fingerprint density at radius 1 is 1.22 bits per heavy atom. The van der Waals surface area contributed by atoms with E-state index in [9.17, 15) is 19.5 Å². The van der Waals surface area contributed by atoms with Crippen LogP contribution in [0.4, 0.5) is 0 Å². The number of carboxylic acids is 1. The smallest absolute Gasteiger partial charge is 0.326 e. The second-order valence-electron chi connectivity index (χ2n) is 7.90. The third-order valence-electron chi connectivity index (χ3n) is 5.86. The number of nitrogens with one attached hydrogen (secondary N) is 1. The molecule has 178 valence electrons. The van der Waals surface area contributed by atoms with E-state index >= 15 is 0 Å². The quantitative estimate of drug-likeness (QED) is 0.386. The molecule has 0 saturated carbocycles. The zero-order chi connectivity index (χ0) is 23.7. The van der Waals surface area contributed by atoms with Crippen molar-refractivity contribution in [3.05, 3.63) is 35.9 Å². The molecule has 1 heterocycles. The van der Waals surface area contributed by atoms with E-state index in [1.807, 2.05) is 30.3 Å². The molecule has 3 atom stereocenters. The highest BCUT2D eigenvalue weighted by Crippen LogP contribution is 2.30. The molecule has 1 aliphatic rings. The molecule has 1 aromatic carbocycles. The number of esters is 1. The highest BCUT2D eigenvalue weighted by atomic mass is 16.7. The molecule has 32 heavy (non-hydrogen) atoms. The van der Waals surface area contributed by atoms with Crippen LogP contribution < -0.4 is 5.32 Å². The average molecular weight is 451 g/mol. The van der Waals surface area contributed by atoms with Crippen LogP contribution >= 0.6 is 0 Å². The molecule has 0 spiro atoms. The van der Waals surface area contributed by atoms with Gasteiger partial charge in [-0.3, -0.25) is 14.9 Å². The zero-order valence-corrected chi connectivity index (χ0v) is 19.2. The normalized spacial score (nSPS) is 19.8. The van der Waals surface area contributed by atoms with Crippen LogP contribution in [0.15, 0.2) is 30.3 Å². The van der Waals surface area contributed by atoms with Gasteiger partial charge in [-0.15, -0.1) is 0 Å². The van der Waals surface area contributed by atoms with E-state index in [1.54, 1.807) is 13.8 Å². The number of benzene rings is 1. The van der Waals surface area contributed by atoms with Crippen molar-refractivity contribution in [2.24, 2.45) is 0 Å². The standard InChI is InChI=1S/C23H34N2O7/c1-5-32-22(29)18(12-11-17-9-7-6-8-10-17)24-16(2)20(26)25-15-23(30-3,31-4)14-13-19(25)21(27)28/h6-10,16,18-19,24H,5,11-15H2,1-4H3,(H,27,28)/t16-,18?,19-/m0/s1. The number of aryl methyl sites for hydroxylation is 1. The molecule has 1 fully saturated rings. The van der Waals surface area contributed by atoms with E-state index < -0.39 is 41.8 Å². The lowest BCUT2D eigenvalue weighted by Gasteiger charge is -2.44. The van der Waals surface area contributed by atoms with Gasteiger partial charge in [-0.2, -0.15) is 0 Å². The van der Waals surface area contributed by atoms with Crippen LogP contribution in [-0.2, 0) is 35.0 Å². The summed E-state index contributed by atoms with van der Waals surface area (Å²) in [6.45, 7) is 3.55. The third-order valence-corrected chi connectivity index (χ3v) is 5.86. The first-order valence-electron chi connectivity index (χ1n) is 10.9.